The summed E-state index contributed by atoms with van der Waals surface area (Å²) in [6, 6.07) is 7.31. The topological polar surface area (TPSA) is 50.7 Å². The summed E-state index contributed by atoms with van der Waals surface area (Å²) in [6.07, 6.45) is 3.47. The van der Waals surface area contributed by atoms with Crippen LogP contribution in [0.1, 0.15) is 5.56 Å². The number of nitrogens with two attached hydrogens (primary N) is 1. The van der Waals surface area contributed by atoms with E-state index in [9.17, 15) is 0 Å². The normalized spacial score (nSPS) is 12.3. The molecule has 0 atom stereocenters. The Bertz CT molecular complexity index is 346. The van der Waals surface area contributed by atoms with Crippen LogP contribution >= 0.6 is 23.4 Å². The first-order chi connectivity index (χ1) is 6.72. The van der Waals surface area contributed by atoms with Crippen LogP contribution < -0.4 is 5.73 Å². The van der Waals surface area contributed by atoms with E-state index in [1.165, 1.54) is 11.8 Å². The molecule has 2 N–H and O–H groups in total. The Morgan fingerprint density at radius 3 is 2.64 bits per heavy atom. The molecule has 0 radical (unpaired) electrons. The van der Waals surface area contributed by atoms with Gasteiger partial charge in [-0.3, -0.25) is 0 Å². The zero-order valence-corrected chi connectivity index (χ0v) is 9.22. The molecule has 3 nitrogen and oxygen atoms in total. The second-order valence-electron chi connectivity index (χ2n) is 2.44. The number of hydrogen-bond acceptors (Lipinski definition) is 3. The number of benzene rings is 1. The molecule has 0 heterocycles. The van der Waals surface area contributed by atoms with Crippen molar-refractivity contribution in [3.05, 3.63) is 34.9 Å². The molecule has 5 heteroatoms. The molecule has 0 saturated heterocycles. The maximum atomic E-state index is 5.72. The predicted octanol–water partition coefficient (Wildman–Crippen LogP) is 2.35. The minimum Gasteiger partial charge on any atom is -0.377 e. The molecule has 0 bridgehead atoms. The zero-order chi connectivity index (χ0) is 10.4. The van der Waals surface area contributed by atoms with Gasteiger partial charge in [-0.1, -0.05) is 35.5 Å². The average molecular weight is 228 g/mol. The zero-order valence-electron chi connectivity index (χ0n) is 7.64. The van der Waals surface area contributed by atoms with Crippen molar-refractivity contribution in [2.24, 2.45) is 15.9 Å². The number of halogens is 1. The second kappa shape index (κ2) is 5.67. The number of amidine groups is 1. The quantitative estimate of drug-likeness (QED) is 0.479. The summed E-state index contributed by atoms with van der Waals surface area (Å²) in [7, 11) is 0. The van der Waals surface area contributed by atoms with Gasteiger partial charge in [0.05, 0.1) is 6.21 Å². The Hall–Kier alpha value is -1.00. The first-order valence-electron chi connectivity index (χ1n) is 3.88. The number of thioether (sulfide) groups is 1. The minimum absolute atomic E-state index is 0.440. The van der Waals surface area contributed by atoms with Gasteiger partial charge in [-0.05, 0) is 24.0 Å². The predicted molar refractivity (Wildman–Crippen MR) is 64.2 cm³/mol. The third kappa shape index (κ3) is 3.81. The molecule has 0 aliphatic rings. The number of rotatable bonds is 2. The van der Waals surface area contributed by atoms with Crippen molar-refractivity contribution in [1.29, 1.82) is 0 Å². The van der Waals surface area contributed by atoms with E-state index < -0.39 is 0 Å². The van der Waals surface area contributed by atoms with Crippen LogP contribution in [0.25, 0.3) is 0 Å². The van der Waals surface area contributed by atoms with Gasteiger partial charge in [-0.15, -0.1) is 5.10 Å². The summed E-state index contributed by atoms with van der Waals surface area (Å²) >= 11 is 7.08. The van der Waals surface area contributed by atoms with Crippen LogP contribution in [0.3, 0.4) is 0 Å². The Kier molecular flexibility index (Phi) is 4.49. The highest BCUT2D eigenvalue weighted by atomic mass is 35.5. The van der Waals surface area contributed by atoms with E-state index in [4.69, 9.17) is 17.3 Å². The first-order valence-corrected chi connectivity index (χ1v) is 5.48. The summed E-state index contributed by atoms with van der Waals surface area (Å²) in [5.41, 5.74) is 6.38. The Labute approximate surface area is 92.1 Å². The van der Waals surface area contributed by atoms with Gasteiger partial charge in [-0.25, -0.2) is 0 Å². The van der Waals surface area contributed by atoms with E-state index in [2.05, 4.69) is 10.2 Å². The van der Waals surface area contributed by atoms with Crippen molar-refractivity contribution >= 4 is 34.7 Å². The van der Waals surface area contributed by atoms with Crippen LogP contribution in [-0.2, 0) is 0 Å². The molecule has 0 fully saturated rings. The molecule has 0 saturated carbocycles. The van der Waals surface area contributed by atoms with Crippen LogP contribution in [0.5, 0.6) is 0 Å². The third-order valence-electron chi connectivity index (χ3n) is 1.44. The van der Waals surface area contributed by atoms with Crippen molar-refractivity contribution in [2.45, 2.75) is 0 Å². The van der Waals surface area contributed by atoms with Crippen molar-refractivity contribution in [2.75, 3.05) is 6.26 Å². The molecule has 74 valence electrons. The highest BCUT2D eigenvalue weighted by molar-refractivity contribution is 8.13. The maximum absolute atomic E-state index is 5.72. The molecule has 0 spiro atoms. The van der Waals surface area contributed by atoms with Gasteiger partial charge in [0.15, 0.2) is 5.17 Å². The second-order valence-corrected chi connectivity index (χ2v) is 3.70. The lowest BCUT2D eigenvalue weighted by molar-refractivity contribution is 1.25. The van der Waals surface area contributed by atoms with Crippen molar-refractivity contribution < 1.29 is 0 Å². The van der Waals surface area contributed by atoms with Gasteiger partial charge >= 0.3 is 0 Å². The van der Waals surface area contributed by atoms with E-state index in [0.29, 0.717) is 10.2 Å². The molecular formula is C9H10ClN3S. The number of hydrogen-bond donors (Lipinski definition) is 1. The molecule has 0 amide bonds. The van der Waals surface area contributed by atoms with E-state index in [-0.39, 0.29) is 0 Å². The average Bonchev–Trinajstić information content (AvgIpc) is 2.21. The fourth-order valence-electron chi connectivity index (χ4n) is 0.742. The molecule has 1 aromatic carbocycles. The highest BCUT2D eigenvalue weighted by Gasteiger charge is 1.88. The van der Waals surface area contributed by atoms with E-state index in [0.717, 1.165) is 5.56 Å². The molecule has 0 aromatic heterocycles. The molecular weight excluding hydrogens is 218 g/mol. The van der Waals surface area contributed by atoms with Gasteiger partial charge in [0, 0.05) is 5.02 Å². The first kappa shape index (κ1) is 11.1. The molecule has 14 heavy (non-hydrogen) atoms. The summed E-state index contributed by atoms with van der Waals surface area (Å²) < 4.78 is 0. The molecule has 1 aromatic rings. The summed E-state index contributed by atoms with van der Waals surface area (Å²) in [5, 5.41) is 8.71. The standard InChI is InChI=1S/C9H10ClN3S/c1-14-9(11)13-12-6-7-2-4-8(10)5-3-7/h2-6H,1H3,(H2,11,13). The number of nitrogens with zero attached hydrogens (tertiary/aromatic N) is 2. The third-order valence-corrected chi connectivity index (χ3v) is 2.19. The Morgan fingerprint density at radius 1 is 1.43 bits per heavy atom. The van der Waals surface area contributed by atoms with Gasteiger partial charge in [-0.2, -0.15) is 5.10 Å². The van der Waals surface area contributed by atoms with Gasteiger partial charge in [0.25, 0.3) is 0 Å². The molecule has 0 aliphatic carbocycles. The van der Waals surface area contributed by atoms with Crippen molar-refractivity contribution in [3.63, 3.8) is 0 Å². The SMILES string of the molecule is CSC(N)=NN=Cc1ccc(Cl)cc1. The smallest absolute Gasteiger partial charge is 0.180 e. The Morgan fingerprint density at radius 2 is 2.07 bits per heavy atom. The van der Waals surface area contributed by atoms with Gasteiger partial charge < -0.3 is 5.73 Å². The molecule has 0 aliphatic heterocycles. The highest BCUT2D eigenvalue weighted by Crippen LogP contribution is 2.07. The summed E-state index contributed by atoms with van der Waals surface area (Å²) in [6.45, 7) is 0. The minimum atomic E-state index is 0.440. The Balaban J connectivity index is 2.65. The summed E-state index contributed by atoms with van der Waals surface area (Å²) in [4.78, 5) is 0. The summed E-state index contributed by atoms with van der Waals surface area (Å²) in [5.74, 6) is 0. The monoisotopic (exact) mass is 227 g/mol. The van der Waals surface area contributed by atoms with Crippen LogP contribution in [-0.4, -0.2) is 17.6 Å². The van der Waals surface area contributed by atoms with E-state index in [1.54, 1.807) is 18.3 Å². The van der Waals surface area contributed by atoms with Crippen LogP contribution in [0, 0.1) is 0 Å². The molecule has 0 unspecified atom stereocenters. The largest absolute Gasteiger partial charge is 0.377 e. The maximum Gasteiger partial charge on any atom is 0.180 e. The van der Waals surface area contributed by atoms with Crippen molar-refractivity contribution in [1.82, 2.24) is 0 Å². The lowest BCUT2D eigenvalue weighted by atomic mass is 10.2. The lowest BCUT2D eigenvalue weighted by Gasteiger charge is -1.91. The fraction of sp³-hybridized carbons (Fsp3) is 0.111. The van der Waals surface area contributed by atoms with Crippen LogP contribution in [0.2, 0.25) is 5.02 Å². The fourth-order valence-corrected chi connectivity index (χ4v) is 0.997. The van der Waals surface area contributed by atoms with Gasteiger partial charge in [0.1, 0.15) is 0 Å². The van der Waals surface area contributed by atoms with E-state index in [1.807, 2.05) is 18.4 Å². The van der Waals surface area contributed by atoms with E-state index >= 15 is 0 Å². The van der Waals surface area contributed by atoms with Gasteiger partial charge in [0.2, 0.25) is 0 Å². The van der Waals surface area contributed by atoms with Crippen molar-refractivity contribution in [3.8, 4) is 0 Å². The lowest BCUT2D eigenvalue weighted by Crippen LogP contribution is -2.03. The molecule has 1 rings (SSSR count). The van der Waals surface area contributed by atoms with Crippen LogP contribution in [0.15, 0.2) is 34.5 Å². The van der Waals surface area contributed by atoms with Crippen LogP contribution in [0.4, 0.5) is 0 Å².